The van der Waals surface area contributed by atoms with Gasteiger partial charge in [-0.1, -0.05) is 18.2 Å². The topological polar surface area (TPSA) is 80.3 Å². The predicted molar refractivity (Wildman–Crippen MR) is 90.7 cm³/mol. The van der Waals surface area contributed by atoms with E-state index < -0.39 is 30.4 Å². The van der Waals surface area contributed by atoms with E-state index in [9.17, 15) is 9.59 Å². The van der Waals surface area contributed by atoms with Crippen LogP contribution >= 0.6 is 12.2 Å². The number of para-hydroxylation sites is 1. The van der Waals surface area contributed by atoms with E-state index in [1.807, 2.05) is 6.07 Å². The normalized spacial score (nSPS) is 21.9. The largest absolute Gasteiger partial charge is 0.463 e. The van der Waals surface area contributed by atoms with Gasteiger partial charge in [-0.25, -0.2) is 0 Å². The molecular formula is C17H18O7S. The fourth-order valence-corrected chi connectivity index (χ4v) is 2.22. The zero-order valence-corrected chi connectivity index (χ0v) is 14.6. The van der Waals surface area contributed by atoms with Crippen LogP contribution < -0.4 is 4.74 Å². The molecule has 2 unspecified atom stereocenters. The van der Waals surface area contributed by atoms with Crippen LogP contribution in [0.25, 0.3) is 0 Å². The second kappa shape index (κ2) is 9.14. The summed E-state index contributed by atoms with van der Waals surface area (Å²) in [4.78, 5) is 22.2. The first-order chi connectivity index (χ1) is 11.9. The minimum absolute atomic E-state index is 0.0935. The number of benzene rings is 1. The van der Waals surface area contributed by atoms with Crippen LogP contribution in [-0.2, 0) is 28.5 Å². The molecule has 0 aliphatic carbocycles. The molecule has 0 fully saturated rings. The first-order valence-electron chi connectivity index (χ1n) is 7.52. The van der Waals surface area contributed by atoms with Crippen LogP contribution in [0.1, 0.15) is 13.8 Å². The molecule has 0 amide bonds. The molecule has 8 heteroatoms. The molecule has 7 nitrogen and oxygen atoms in total. The number of thiocarbonyl (C=S) groups is 1. The van der Waals surface area contributed by atoms with Gasteiger partial charge in [0, 0.05) is 26.1 Å². The third-order valence-corrected chi connectivity index (χ3v) is 3.22. The Kier molecular flexibility index (Phi) is 6.91. The third kappa shape index (κ3) is 6.52. The Labute approximate surface area is 150 Å². The molecule has 1 aromatic rings. The summed E-state index contributed by atoms with van der Waals surface area (Å²) in [5, 5.41) is -0.127. The summed E-state index contributed by atoms with van der Waals surface area (Å²) < 4.78 is 26.5. The summed E-state index contributed by atoms with van der Waals surface area (Å²) in [5.74, 6) is -0.421. The molecule has 0 saturated heterocycles. The number of rotatable bonds is 5. The Hall–Kier alpha value is -2.45. The molecule has 1 aliphatic rings. The highest BCUT2D eigenvalue weighted by Gasteiger charge is 2.32. The molecule has 2 rings (SSSR count). The SMILES string of the molecule is CC(=O)OCC1OC(OC(=S)Oc2ccccc2)C=C[C@@H]1OC(C)=O. The van der Waals surface area contributed by atoms with Gasteiger partial charge in [-0.05, 0) is 24.3 Å². The number of hydrogen-bond acceptors (Lipinski definition) is 8. The average Bonchev–Trinajstić information content (AvgIpc) is 2.55. The minimum Gasteiger partial charge on any atom is -0.463 e. The van der Waals surface area contributed by atoms with Crippen molar-refractivity contribution in [2.24, 2.45) is 0 Å². The van der Waals surface area contributed by atoms with Crippen LogP contribution in [0.5, 0.6) is 5.75 Å². The van der Waals surface area contributed by atoms with Crippen molar-refractivity contribution in [2.45, 2.75) is 32.3 Å². The molecule has 3 atom stereocenters. The molecule has 0 spiro atoms. The van der Waals surface area contributed by atoms with Gasteiger partial charge in [0.2, 0.25) is 6.29 Å². The summed E-state index contributed by atoms with van der Waals surface area (Å²) in [6, 6.07) is 8.90. The van der Waals surface area contributed by atoms with Crippen LogP contribution in [0.3, 0.4) is 0 Å². The first-order valence-corrected chi connectivity index (χ1v) is 7.92. The first kappa shape index (κ1) is 18.9. The zero-order valence-electron chi connectivity index (χ0n) is 13.7. The lowest BCUT2D eigenvalue weighted by Gasteiger charge is -2.31. The Morgan fingerprint density at radius 3 is 2.44 bits per heavy atom. The van der Waals surface area contributed by atoms with Crippen molar-refractivity contribution in [1.29, 1.82) is 0 Å². The molecule has 0 N–H and O–H groups in total. The van der Waals surface area contributed by atoms with Crippen LogP contribution in [0.15, 0.2) is 42.5 Å². The highest BCUT2D eigenvalue weighted by atomic mass is 32.1. The molecule has 1 heterocycles. The molecule has 25 heavy (non-hydrogen) atoms. The number of ether oxygens (including phenoxy) is 5. The van der Waals surface area contributed by atoms with Crippen LogP contribution in [0.4, 0.5) is 0 Å². The lowest BCUT2D eigenvalue weighted by molar-refractivity contribution is -0.182. The fourth-order valence-electron chi connectivity index (χ4n) is 2.03. The van der Waals surface area contributed by atoms with Gasteiger partial charge in [-0.2, -0.15) is 0 Å². The summed E-state index contributed by atoms with van der Waals surface area (Å²) in [6.07, 6.45) is 0.860. The molecule has 0 aromatic heterocycles. The predicted octanol–water partition coefficient (Wildman–Crippen LogP) is 2.14. The number of carbonyl (C=O) groups excluding carboxylic acids is 2. The van der Waals surface area contributed by atoms with Gasteiger partial charge in [0.15, 0.2) is 0 Å². The molecule has 0 saturated carbocycles. The van der Waals surface area contributed by atoms with E-state index in [0.29, 0.717) is 5.75 Å². The maximum atomic E-state index is 11.2. The summed E-state index contributed by atoms with van der Waals surface area (Å²) in [6.45, 7) is 2.46. The number of hydrogen-bond donors (Lipinski definition) is 0. The molecule has 0 bridgehead atoms. The third-order valence-electron chi connectivity index (χ3n) is 3.04. The Balaban J connectivity index is 1.95. The number of carbonyl (C=O) groups is 2. The maximum absolute atomic E-state index is 11.2. The zero-order chi connectivity index (χ0) is 18.2. The summed E-state index contributed by atoms with van der Waals surface area (Å²) in [5.41, 5.74) is 0. The van der Waals surface area contributed by atoms with Gasteiger partial charge < -0.3 is 23.7 Å². The standard InChI is InChI=1S/C17H18O7S/c1-11(18)20-10-15-14(21-12(2)19)8-9-16(23-15)24-17(25)22-13-6-4-3-5-7-13/h3-9,14-16H,10H2,1-2H3/t14-,15?,16?/m0/s1. The Morgan fingerprint density at radius 2 is 1.80 bits per heavy atom. The minimum atomic E-state index is -0.858. The molecule has 1 aliphatic heterocycles. The Morgan fingerprint density at radius 1 is 1.08 bits per heavy atom. The van der Waals surface area contributed by atoms with Crippen LogP contribution in [-0.4, -0.2) is 42.3 Å². The van der Waals surface area contributed by atoms with Gasteiger partial charge in [-0.15, -0.1) is 0 Å². The van der Waals surface area contributed by atoms with Crippen molar-refractivity contribution in [3.8, 4) is 5.75 Å². The maximum Gasteiger partial charge on any atom is 0.360 e. The van der Waals surface area contributed by atoms with Crippen LogP contribution in [0.2, 0.25) is 0 Å². The Bertz CT molecular complexity index is 644. The second-order valence-electron chi connectivity index (χ2n) is 5.09. The van der Waals surface area contributed by atoms with Crippen molar-refractivity contribution in [3.63, 3.8) is 0 Å². The number of esters is 2. The molecule has 134 valence electrons. The van der Waals surface area contributed by atoms with Crippen molar-refractivity contribution in [3.05, 3.63) is 42.5 Å². The molecule has 1 aromatic carbocycles. The quantitative estimate of drug-likeness (QED) is 0.445. The van der Waals surface area contributed by atoms with Crippen molar-refractivity contribution >= 4 is 29.4 Å². The van der Waals surface area contributed by atoms with Crippen molar-refractivity contribution in [1.82, 2.24) is 0 Å². The monoisotopic (exact) mass is 366 g/mol. The van der Waals surface area contributed by atoms with Gasteiger partial charge in [-0.3, -0.25) is 9.59 Å². The van der Waals surface area contributed by atoms with E-state index in [0.717, 1.165) is 0 Å². The fraction of sp³-hybridized carbons (Fsp3) is 0.353. The van der Waals surface area contributed by atoms with E-state index in [-0.39, 0.29) is 11.8 Å². The summed E-state index contributed by atoms with van der Waals surface area (Å²) in [7, 11) is 0. The summed E-state index contributed by atoms with van der Waals surface area (Å²) >= 11 is 5.03. The van der Waals surface area contributed by atoms with Gasteiger partial charge in [0.1, 0.15) is 24.6 Å². The average molecular weight is 366 g/mol. The smallest absolute Gasteiger partial charge is 0.360 e. The highest BCUT2D eigenvalue weighted by Crippen LogP contribution is 2.19. The van der Waals surface area contributed by atoms with E-state index in [4.69, 9.17) is 35.9 Å². The van der Waals surface area contributed by atoms with E-state index in [2.05, 4.69) is 0 Å². The van der Waals surface area contributed by atoms with Gasteiger partial charge >= 0.3 is 17.2 Å². The van der Waals surface area contributed by atoms with Crippen molar-refractivity contribution in [2.75, 3.05) is 6.61 Å². The highest BCUT2D eigenvalue weighted by molar-refractivity contribution is 7.79. The van der Waals surface area contributed by atoms with Gasteiger partial charge in [0.05, 0.1) is 0 Å². The lowest BCUT2D eigenvalue weighted by Crippen LogP contribution is -2.42. The van der Waals surface area contributed by atoms with E-state index >= 15 is 0 Å². The lowest BCUT2D eigenvalue weighted by atomic mass is 10.1. The van der Waals surface area contributed by atoms with E-state index in [1.165, 1.54) is 13.8 Å². The van der Waals surface area contributed by atoms with Gasteiger partial charge in [0.25, 0.3) is 0 Å². The van der Waals surface area contributed by atoms with Crippen molar-refractivity contribution < 1.29 is 33.3 Å². The molecule has 0 radical (unpaired) electrons. The van der Waals surface area contributed by atoms with E-state index in [1.54, 1.807) is 36.4 Å². The second-order valence-corrected chi connectivity index (χ2v) is 5.42. The van der Waals surface area contributed by atoms with Crippen LogP contribution in [0, 0.1) is 0 Å². The molecular weight excluding hydrogens is 348 g/mol.